The highest BCUT2D eigenvalue weighted by atomic mass is 16.6. The number of esters is 1. The van der Waals surface area contributed by atoms with Crippen LogP contribution in [0.1, 0.15) is 81.6 Å². The third kappa shape index (κ3) is 16.2. The second-order valence-corrected chi connectivity index (χ2v) is 16.5. The number of rotatable bonds is 14. The van der Waals surface area contributed by atoms with E-state index in [1.54, 1.807) is 49.1 Å². The molecule has 0 saturated carbocycles. The molecule has 328 valence electrons. The average molecular weight is 814 g/mol. The zero-order chi connectivity index (χ0) is 43.5. The van der Waals surface area contributed by atoms with E-state index in [2.05, 4.69) is 30.8 Å². The van der Waals surface area contributed by atoms with Gasteiger partial charge >= 0.3 is 5.97 Å². The molecule has 0 aliphatic carbocycles. The highest BCUT2D eigenvalue weighted by molar-refractivity contribution is 5.96. The molecule has 0 bridgehead atoms. The van der Waals surface area contributed by atoms with Crippen LogP contribution in [0.5, 0.6) is 0 Å². The van der Waals surface area contributed by atoms with Crippen LogP contribution < -0.4 is 0 Å². The largest absolute Gasteiger partial charge is 0.490 e. The lowest BCUT2D eigenvalue weighted by Crippen LogP contribution is -2.48. The van der Waals surface area contributed by atoms with Crippen molar-refractivity contribution in [2.75, 3.05) is 54.1 Å². The predicted molar refractivity (Wildman–Crippen MR) is 231 cm³/mol. The maximum atomic E-state index is 13.9. The summed E-state index contributed by atoms with van der Waals surface area (Å²) in [5.74, 6) is -2.37. The van der Waals surface area contributed by atoms with Gasteiger partial charge in [0.25, 0.3) is 5.91 Å². The van der Waals surface area contributed by atoms with E-state index >= 15 is 0 Å². The summed E-state index contributed by atoms with van der Waals surface area (Å²) in [5.41, 5.74) is 2.23. The van der Waals surface area contributed by atoms with Crippen molar-refractivity contribution in [3.8, 4) is 0 Å². The molecular formula is C46H75N3O9. The Balaban J connectivity index is 2.56. The number of cyclic esters (lactones) is 1. The van der Waals surface area contributed by atoms with Crippen LogP contribution >= 0.6 is 0 Å². The van der Waals surface area contributed by atoms with Gasteiger partial charge in [-0.25, -0.2) is 4.79 Å². The quantitative estimate of drug-likeness (QED) is 0.0795. The number of allylic oxidation sites excluding steroid dienone is 7. The van der Waals surface area contributed by atoms with Gasteiger partial charge in [-0.05, 0) is 64.6 Å². The molecule has 2 rings (SSSR count). The van der Waals surface area contributed by atoms with Gasteiger partial charge in [-0.2, -0.15) is 0 Å². The second kappa shape index (κ2) is 25.8. The molecular weight excluding hydrogens is 739 g/mol. The van der Waals surface area contributed by atoms with E-state index in [-0.39, 0.29) is 36.0 Å². The standard InChI is InChI=1S/C46H75N3O9/c1-13-16-39(50)33(6)19-20-38(47-57-29-42(51)49-23-21-48(10)22-24-49)35(8)44(53)36(9)45-40(55-11)18-15-17-30(3)25-31(4)27-37(14-2)43(52)34(7)26-32(5)28-41(56-12)46(54)58-45/h13,15-20,26,28,31,33-37,39-40,43-45,50,52-53H,14,21-25,27,29H2,1-12H3/b16-13+,18-15+,20-19+,30-17+,32-26+,41-28-,47-38+. The normalized spacial score (nSPS) is 31.3. The van der Waals surface area contributed by atoms with E-state index in [1.165, 1.54) is 14.2 Å². The van der Waals surface area contributed by atoms with Gasteiger partial charge in [0.2, 0.25) is 5.76 Å². The first-order valence-corrected chi connectivity index (χ1v) is 21.0. The molecule has 2 heterocycles. The van der Waals surface area contributed by atoms with Crippen LogP contribution in [0.3, 0.4) is 0 Å². The number of ether oxygens (including phenoxy) is 3. The van der Waals surface area contributed by atoms with Crippen LogP contribution in [0, 0.1) is 35.5 Å². The molecule has 0 spiro atoms. The Kier molecular flexibility index (Phi) is 22.5. The van der Waals surface area contributed by atoms with Gasteiger partial charge in [-0.3, -0.25) is 4.79 Å². The van der Waals surface area contributed by atoms with Crippen molar-refractivity contribution < 1.29 is 44.0 Å². The number of piperazine rings is 1. The summed E-state index contributed by atoms with van der Waals surface area (Å²) in [4.78, 5) is 36.4. The van der Waals surface area contributed by atoms with Gasteiger partial charge in [0, 0.05) is 57.0 Å². The van der Waals surface area contributed by atoms with Crippen molar-refractivity contribution in [1.29, 1.82) is 0 Å². The number of aliphatic hydroxyl groups excluding tert-OH is 3. The maximum absolute atomic E-state index is 13.9. The first-order valence-electron chi connectivity index (χ1n) is 21.0. The van der Waals surface area contributed by atoms with Crippen molar-refractivity contribution in [3.63, 3.8) is 0 Å². The van der Waals surface area contributed by atoms with E-state index in [1.807, 2.05) is 59.0 Å². The molecule has 1 saturated heterocycles. The molecule has 3 N–H and O–H groups in total. The zero-order valence-electron chi connectivity index (χ0n) is 37.3. The number of likely N-dealkylation sites (N-methyl/N-ethyl adjacent to an activating group) is 1. The van der Waals surface area contributed by atoms with E-state index in [4.69, 9.17) is 19.0 Å². The van der Waals surface area contributed by atoms with Gasteiger partial charge in [-0.1, -0.05) is 107 Å². The number of methoxy groups -OCH3 is 2. The molecule has 1 fully saturated rings. The van der Waals surface area contributed by atoms with Gasteiger partial charge in [0.05, 0.1) is 31.1 Å². The predicted octanol–water partition coefficient (Wildman–Crippen LogP) is 6.25. The Labute approximate surface area is 349 Å². The number of carbonyl (C=O) groups is 2. The highest BCUT2D eigenvalue weighted by Gasteiger charge is 2.38. The smallest absolute Gasteiger partial charge is 0.373 e. The van der Waals surface area contributed by atoms with Crippen LogP contribution in [-0.2, 0) is 28.6 Å². The lowest BCUT2D eigenvalue weighted by Gasteiger charge is -2.34. The minimum absolute atomic E-state index is 0.0381. The number of hydrogen-bond acceptors (Lipinski definition) is 11. The molecule has 0 radical (unpaired) electrons. The van der Waals surface area contributed by atoms with Gasteiger partial charge < -0.3 is 44.2 Å². The van der Waals surface area contributed by atoms with Gasteiger partial charge in [0.15, 0.2) is 6.61 Å². The lowest BCUT2D eigenvalue weighted by atomic mass is 9.81. The Morgan fingerprint density at radius 3 is 2.36 bits per heavy atom. The number of amides is 1. The summed E-state index contributed by atoms with van der Waals surface area (Å²) in [5, 5.41) is 38.3. The third-order valence-electron chi connectivity index (χ3n) is 11.5. The van der Waals surface area contributed by atoms with E-state index in [0.29, 0.717) is 24.7 Å². The molecule has 11 unspecified atom stereocenters. The summed E-state index contributed by atoms with van der Waals surface area (Å²) in [7, 11) is 4.94. The summed E-state index contributed by atoms with van der Waals surface area (Å²) in [6, 6.07) is 0. The number of hydrogen-bond donors (Lipinski definition) is 3. The minimum atomic E-state index is -1.15. The Morgan fingerprint density at radius 2 is 1.76 bits per heavy atom. The van der Waals surface area contributed by atoms with Crippen LogP contribution in [0.2, 0.25) is 0 Å². The van der Waals surface area contributed by atoms with E-state index in [9.17, 15) is 24.9 Å². The monoisotopic (exact) mass is 814 g/mol. The molecule has 12 nitrogen and oxygen atoms in total. The van der Waals surface area contributed by atoms with Crippen molar-refractivity contribution in [3.05, 3.63) is 71.6 Å². The Bertz CT molecular complexity index is 1490. The molecule has 0 aromatic rings. The van der Waals surface area contributed by atoms with E-state index < -0.39 is 48.3 Å². The summed E-state index contributed by atoms with van der Waals surface area (Å²) >= 11 is 0. The van der Waals surface area contributed by atoms with Gasteiger partial charge in [-0.15, -0.1) is 0 Å². The molecule has 0 aromatic carbocycles. The van der Waals surface area contributed by atoms with Crippen molar-refractivity contribution in [1.82, 2.24) is 9.80 Å². The molecule has 12 heteroatoms. The van der Waals surface area contributed by atoms with Crippen molar-refractivity contribution in [2.45, 2.75) is 112 Å². The number of aliphatic hydroxyl groups is 3. The third-order valence-corrected chi connectivity index (χ3v) is 11.5. The van der Waals surface area contributed by atoms with Crippen LogP contribution in [0.4, 0.5) is 0 Å². The zero-order valence-corrected chi connectivity index (χ0v) is 37.3. The summed E-state index contributed by atoms with van der Waals surface area (Å²) < 4.78 is 17.7. The Hall–Kier alpha value is -3.55. The lowest BCUT2D eigenvalue weighted by molar-refractivity contribution is -0.161. The summed E-state index contributed by atoms with van der Waals surface area (Å²) in [6.45, 7) is 19.9. The van der Waals surface area contributed by atoms with Crippen LogP contribution in [0.15, 0.2) is 76.7 Å². The fourth-order valence-corrected chi connectivity index (χ4v) is 7.61. The SMILES string of the molecule is C/C=C/C(O)C(C)/C=C/C(=N\OCC(=O)N1CCN(C)CC1)C(C)C(O)C(C)C1OC(=O)/C(OC)=C/C(C)=C/C(C)C(O)C(CC)CC(C)C/C(C)=C/C=C/C1OC. The number of oxime groups is 1. The van der Waals surface area contributed by atoms with E-state index in [0.717, 1.165) is 43.5 Å². The first-order chi connectivity index (χ1) is 27.5. The molecule has 2 aliphatic heterocycles. The molecule has 11 atom stereocenters. The molecule has 1 amide bonds. The second-order valence-electron chi connectivity index (χ2n) is 16.5. The topological polar surface area (TPSA) is 151 Å². The number of nitrogens with zero attached hydrogens (tertiary/aromatic N) is 3. The number of carbonyl (C=O) groups excluding carboxylic acids is 2. The Morgan fingerprint density at radius 1 is 1.09 bits per heavy atom. The summed E-state index contributed by atoms with van der Waals surface area (Å²) in [6.07, 6.45) is 14.6. The maximum Gasteiger partial charge on any atom is 0.373 e. The minimum Gasteiger partial charge on any atom is -0.490 e. The average Bonchev–Trinajstić information content (AvgIpc) is 3.19. The van der Waals surface area contributed by atoms with Crippen molar-refractivity contribution in [2.24, 2.45) is 40.7 Å². The molecule has 58 heavy (non-hydrogen) atoms. The van der Waals surface area contributed by atoms with Crippen LogP contribution in [0.25, 0.3) is 0 Å². The highest BCUT2D eigenvalue weighted by Crippen LogP contribution is 2.30. The van der Waals surface area contributed by atoms with Gasteiger partial charge in [0.1, 0.15) is 12.2 Å². The fourth-order valence-electron chi connectivity index (χ4n) is 7.61. The first kappa shape index (κ1) is 50.6. The van der Waals surface area contributed by atoms with Crippen molar-refractivity contribution >= 4 is 17.6 Å². The fraction of sp³-hybridized carbons (Fsp3) is 0.674. The molecule has 0 aromatic heterocycles. The molecule has 2 aliphatic rings. The van der Waals surface area contributed by atoms with Crippen LogP contribution in [-0.4, -0.2) is 127 Å².